The summed E-state index contributed by atoms with van der Waals surface area (Å²) in [5, 5.41) is 18.2. The lowest BCUT2D eigenvalue weighted by molar-refractivity contribution is 0.261. The fraction of sp³-hybridized carbons (Fsp3) is 0.286. The van der Waals surface area contributed by atoms with E-state index in [1.54, 1.807) is 18.2 Å². The number of aromatic hydroxyl groups is 1. The number of benzene rings is 1. The lowest BCUT2D eigenvalue weighted by atomic mass is 9.92. The summed E-state index contributed by atoms with van der Waals surface area (Å²) in [6.45, 7) is 6.02. The lowest BCUT2D eigenvalue weighted by Crippen LogP contribution is -2.19. The molecule has 6 nitrogen and oxygen atoms in total. The van der Waals surface area contributed by atoms with Crippen LogP contribution in [0.2, 0.25) is 0 Å². The van der Waals surface area contributed by atoms with Crippen LogP contribution in [0.4, 0.5) is 16.4 Å². The van der Waals surface area contributed by atoms with Gasteiger partial charge in [-0.25, -0.2) is 4.79 Å². The Morgan fingerprint density at radius 1 is 1.20 bits per heavy atom. The summed E-state index contributed by atoms with van der Waals surface area (Å²) >= 11 is 0. The van der Waals surface area contributed by atoms with Gasteiger partial charge in [-0.15, -0.1) is 0 Å². The molecule has 106 valence electrons. The minimum Gasteiger partial charge on any atom is -0.508 e. The zero-order valence-corrected chi connectivity index (χ0v) is 11.6. The van der Waals surface area contributed by atoms with Gasteiger partial charge in [-0.05, 0) is 24.3 Å². The first-order chi connectivity index (χ1) is 9.34. The lowest BCUT2D eigenvalue weighted by Gasteiger charge is -2.12. The molecule has 0 aliphatic carbocycles. The van der Waals surface area contributed by atoms with Crippen LogP contribution in [0.5, 0.6) is 5.75 Å². The van der Waals surface area contributed by atoms with Gasteiger partial charge in [0.1, 0.15) is 5.75 Å². The molecule has 0 aliphatic heterocycles. The molecule has 6 heteroatoms. The summed E-state index contributed by atoms with van der Waals surface area (Å²) in [6.07, 6.45) is 0. The standard InChI is InChI=1S/C14H17N3O3/c1-14(2,3)11-8-12(20-17-11)16-13(19)15-9-4-6-10(18)7-5-9/h4-8,18H,1-3H3,(H2,15,16,19). The Balaban J connectivity index is 1.98. The van der Waals surface area contributed by atoms with Gasteiger partial charge in [0.25, 0.3) is 0 Å². The predicted molar refractivity (Wildman–Crippen MR) is 76.0 cm³/mol. The molecule has 0 atom stereocenters. The number of hydrogen-bond acceptors (Lipinski definition) is 4. The third-order valence-corrected chi connectivity index (χ3v) is 2.64. The van der Waals surface area contributed by atoms with Gasteiger partial charge in [0.2, 0.25) is 5.88 Å². The van der Waals surface area contributed by atoms with Crippen molar-refractivity contribution in [3.63, 3.8) is 0 Å². The largest absolute Gasteiger partial charge is 0.508 e. The molecule has 0 aliphatic rings. The van der Waals surface area contributed by atoms with Crippen molar-refractivity contribution in [1.82, 2.24) is 5.16 Å². The molecule has 1 aromatic carbocycles. The zero-order chi connectivity index (χ0) is 14.8. The van der Waals surface area contributed by atoms with E-state index in [0.29, 0.717) is 5.69 Å². The van der Waals surface area contributed by atoms with E-state index in [1.807, 2.05) is 20.8 Å². The minimum atomic E-state index is -0.438. The van der Waals surface area contributed by atoms with Crippen molar-refractivity contribution in [2.75, 3.05) is 10.6 Å². The molecule has 1 aromatic heterocycles. The van der Waals surface area contributed by atoms with Crippen LogP contribution in [0, 0.1) is 0 Å². The zero-order valence-electron chi connectivity index (χ0n) is 11.6. The van der Waals surface area contributed by atoms with Crippen LogP contribution >= 0.6 is 0 Å². The topological polar surface area (TPSA) is 87.4 Å². The molecule has 0 fully saturated rings. The van der Waals surface area contributed by atoms with E-state index < -0.39 is 6.03 Å². The highest BCUT2D eigenvalue weighted by atomic mass is 16.5. The number of phenolic OH excluding ortho intramolecular Hbond substituents is 1. The van der Waals surface area contributed by atoms with E-state index in [1.165, 1.54) is 12.1 Å². The van der Waals surface area contributed by atoms with Crippen molar-refractivity contribution in [3.05, 3.63) is 36.0 Å². The van der Waals surface area contributed by atoms with E-state index in [9.17, 15) is 4.79 Å². The molecule has 1 heterocycles. The molecule has 2 amide bonds. The van der Waals surface area contributed by atoms with E-state index in [0.717, 1.165) is 5.69 Å². The van der Waals surface area contributed by atoms with Gasteiger partial charge in [0.15, 0.2) is 0 Å². The minimum absolute atomic E-state index is 0.140. The number of phenols is 1. The normalized spacial score (nSPS) is 11.2. The quantitative estimate of drug-likeness (QED) is 0.734. The maximum absolute atomic E-state index is 11.8. The fourth-order valence-electron chi connectivity index (χ4n) is 1.51. The molecule has 2 rings (SSSR count). The van der Waals surface area contributed by atoms with Crippen molar-refractivity contribution >= 4 is 17.6 Å². The van der Waals surface area contributed by atoms with Crippen molar-refractivity contribution in [2.45, 2.75) is 26.2 Å². The molecule has 0 radical (unpaired) electrons. The number of aromatic nitrogens is 1. The summed E-state index contributed by atoms with van der Waals surface area (Å²) in [7, 11) is 0. The van der Waals surface area contributed by atoms with Crippen molar-refractivity contribution in [1.29, 1.82) is 0 Å². The second kappa shape index (κ2) is 5.24. The molecule has 0 saturated heterocycles. The van der Waals surface area contributed by atoms with Gasteiger partial charge in [-0.3, -0.25) is 5.32 Å². The molecule has 0 spiro atoms. The van der Waals surface area contributed by atoms with Crippen LogP contribution in [0.15, 0.2) is 34.9 Å². The van der Waals surface area contributed by atoms with Gasteiger partial charge in [-0.2, -0.15) is 0 Å². The predicted octanol–water partition coefficient (Wildman–Crippen LogP) is 3.32. The van der Waals surface area contributed by atoms with Gasteiger partial charge in [0.05, 0.1) is 5.69 Å². The smallest absolute Gasteiger partial charge is 0.326 e. The number of anilines is 2. The average Bonchev–Trinajstić information content (AvgIpc) is 2.80. The number of carbonyl (C=O) groups excluding carboxylic acids is 1. The molecule has 3 N–H and O–H groups in total. The number of nitrogens with zero attached hydrogens (tertiary/aromatic N) is 1. The van der Waals surface area contributed by atoms with Gasteiger partial charge >= 0.3 is 6.03 Å². The second-order valence-electron chi connectivity index (χ2n) is 5.45. The maximum atomic E-state index is 11.8. The Labute approximate surface area is 116 Å². The second-order valence-corrected chi connectivity index (χ2v) is 5.45. The number of urea groups is 1. The fourth-order valence-corrected chi connectivity index (χ4v) is 1.51. The van der Waals surface area contributed by atoms with E-state index in [-0.39, 0.29) is 17.0 Å². The summed E-state index contributed by atoms with van der Waals surface area (Å²) in [6, 6.07) is 7.42. The van der Waals surface area contributed by atoms with E-state index >= 15 is 0 Å². The first-order valence-electron chi connectivity index (χ1n) is 6.19. The number of amides is 2. The van der Waals surface area contributed by atoms with Gasteiger partial charge in [0, 0.05) is 17.2 Å². The molecule has 20 heavy (non-hydrogen) atoms. The SMILES string of the molecule is CC(C)(C)c1cc(NC(=O)Nc2ccc(O)cc2)on1. The molecule has 0 saturated carbocycles. The van der Waals surface area contributed by atoms with Crippen LogP contribution in [-0.4, -0.2) is 16.3 Å². The Hall–Kier alpha value is -2.50. The van der Waals surface area contributed by atoms with Crippen LogP contribution in [0.3, 0.4) is 0 Å². The Morgan fingerprint density at radius 2 is 1.85 bits per heavy atom. The van der Waals surface area contributed by atoms with Gasteiger partial charge < -0.3 is 14.9 Å². The number of rotatable bonds is 2. The Morgan fingerprint density at radius 3 is 2.40 bits per heavy atom. The first-order valence-corrected chi connectivity index (χ1v) is 6.19. The third-order valence-electron chi connectivity index (χ3n) is 2.64. The molecule has 0 unspecified atom stereocenters. The highest BCUT2D eigenvalue weighted by molar-refractivity contribution is 5.98. The van der Waals surface area contributed by atoms with Gasteiger partial charge in [-0.1, -0.05) is 25.9 Å². The monoisotopic (exact) mass is 275 g/mol. The summed E-state index contributed by atoms with van der Waals surface area (Å²) in [5.41, 5.74) is 1.19. The summed E-state index contributed by atoms with van der Waals surface area (Å²) in [4.78, 5) is 11.8. The maximum Gasteiger partial charge on any atom is 0.326 e. The molecule has 2 aromatic rings. The molecule has 0 bridgehead atoms. The Bertz CT molecular complexity index is 597. The Kier molecular flexibility index (Phi) is 3.65. The first kappa shape index (κ1) is 13.9. The third kappa shape index (κ3) is 3.50. The number of hydrogen-bond donors (Lipinski definition) is 3. The number of carbonyl (C=O) groups is 1. The summed E-state index contributed by atoms with van der Waals surface area (Å²) < 4.78 is 5.06. The van der Waals surface area contributed by atoms with Crippen LogP contribution < -0.4 is 10.6 Å². The van der Waals surface area contributed by atoms with Crippen molar-refractivity contribution in [3.8, 4) is 5.75 Å². The summed E-state index contributed by atoms with van der Waals surface area (Å²) in [5.74, 6) is 0.423. The highest BCUT2D eigenvalue weighted by Gasteiger charge is 2.19. The van der Waals surface area contributed by atoms with Crippen LogP contribution in [-0.2, 0) is 5.41 Å². The number of nitrogens with one attached hydrogen (secondary N) is 2. The molecular formula is C14H17N3O3. The van der Waals surface area contributed by atoms with Crippen molar-refractivity contribution in [2.24, 2.45) is 0 Å². The highest BCUT2D eigenvalue weighted by Crippen LogP contribution is 2.23. The van der Waals surface area contributed by atoms with Crippen LogP contribution in [0.25, 0.3) is 0 Å². The van der Waals surface area contributed by atoms with E-state index in [4.69, 9.17) is 9.63 Å². The van der Waals surface area contributed by atoms with Crippen LogP contribution in [0.1, 0.15) is 26.5 Å². The van der Waals surface area contributed by atoms with Crippen molar-refractivity contribution < 1.29 is 14.4 Å². The van der Waals surface area contributed by atoms with E-state index in [2.05, 4.69) is 15.8 Å². The molecular weight excluding hydrogens is 258 g/mol. The average molecular weight is 275 g/mol.